The molecule has 7 heteroatoms. The van der Waals surface area contributed by atoms with Crippen molar-refractivity contribution in [1.82, 2.24) is 4.90 Å². The Hall–Kier alpha value is -3.61. The van der Waals surface area contributed by atoms with Crippen LogP contribution in [-0.4, -0.2) is 42.3 Å². The van der Waals surface area contributed by atoms with E-state index in [1.165, 1.54) is 0 Å². The van der Waals surface area contributed by atoms with Gasteiger partial charge >= 0.3 is 0 Å². The number of nitrogens with one attached hydrogen (secondary N) is 1. The van der Waals surface area contributed by atoms with Gasteiger partial charge in [0.1, 0.15) is 12.4 Å². The summed E-state index contributed by atoms with van der Waals surface area (Å²) in [6, 6.07) is 13.6. The first-order valence-electron chi connectivity index (χ1n) is 9.82. The SMILES string of the molecule is C=CCOc1ccc(C(=O)Nc2ccccc2C(=O)N2CCC(C(N)=O)CC2)cc1. The lowest BCUT2D eigenvalue weighted by molar-refractivity contribution is -0.123. The van der Waals surface area contributed by atoms with Crippen LogP contribution in [0, 0.1) is 5.92 Å². The number of benzene rings is 2. The van der Waals surface area contributed by atoms with Gasteiger partial charge in [-0.3, -0.25) is 14.4 Å². The van der Waals surface area contributed by atoms with E-state index in [0.717, 1.165) is 0 Å². The van der Waals surface area contributed by atoms with Gasteiger partial charge in [0.2, 0.25) is 5.91 Å². The molecule has 1 aliphatic heterocycles. The second-order valence-corrected chi connectivity index (χ2v) is 7.09. The third kappa shape index (κ3) is 5.05. The number of carbonyl (C=O) groups excluding carboxylic acids is 3. The zero-order valence-corrected chi connectivity index (χ0v) is 16.7. The van der Waals surface area contributed by atoms with E-state index in [1.54, 1.807) is 59.5 Å². The maximum absolute atomic E-state index is 13.0. The van der Waals surface area contributed by atoms with Crippen molar-refractivity contribution in [2.24, 2.45) is 11.7 Å². The average Bonchev–Trinajstić information content (AvgIpc) is 2.78. The minimum atomic E-state index is -0.323. The molecule has 0 unspecified atom stereocenters. The summed E-state index contributed by atoms with van der Waals surface area (Å²) in [6.45, 7) is 4.90. The van der Waals surface area contributed by atoms with Crippen molar-refractivity contribution in [2.75, 3.05) is 25.0 Å². The Labute approximate surface area is 175 Å². The largest absolute Gasteiger partial charge is 0.490 e. The molecule has 3 rings (SSSR count). The molecule has 30 heavy (non-hydrogen) atoms. The van der Waals surface area contributed by atoms with Crippen LogP contribution in [0.3, 0.4) is 0 Å². The fourth-order valence-corrected chi connectivity index (χ4v) is 3.37. The lowest BCUT2D eigenvalue weighted by atomic mass is 9.95. The highest BCUT2D eigenvalue weighted by atomic mass is 16.5. The molecule has 0 atom stereocenters. The number of rotatable bonds is 7. The van der Waals surface area contributed by atoms with Gasteiger partial charge in [0, 0.05) is 24.6 Å². The highest BCUT2D eigenvalue weighted by molar-refractivity contribution is 6.09. The van der Waals surface area contributed by atoms with Crippen LogP contribution in [0.2, 0.25) is 0 Å². The van der Waals surface area contributed by atoms with Gasteiger partial charge in [0.15, 0.2) is 0 Å². The Balaban J connectivity index is 1.69. The highest BCUT2D eigenvalue weighted by Gasteiger charge is 2.27. The molecule has 3 amide bonds. The summed E-state index contributed by atoms with van der Waals surface area (Å²) in [5, 5.41) is 2.82. The molecule has 0 bridgehead atoms. The van der Waals surface area contributed by atoms with Crippen LogP contribution in [0.5, 0.6) is 5.75 Å². The summed E-state index contributed by atoms with van der Waals surface area (Å²) in [5.74, 6) is -0.376. The number of nitrogens with two attached hydrogens (primary N) is 1. The maximum Gasteiger partial charge on any atom is 0.255 e. The summed E-state index contributed by atoms with van der Waals surface area (Å²) in [6.07, 6.45) is 2.75. The molecule has 1 heterocycles. The van der Waals surface area contributed by atoms with Crippen molar-refractivity contribution in [3.05, 3.63) is 72.3 Å². The highest BCUT2D eigenvalue weighted by Crippen LogP contribution is 2.23. The average molecular weight is 407 g/mol. The summed E-state index contributed by atoms with van der Waals surface area (Å²) in [7, 11) is 0. The van der Waals surface area contributed by atoms with Crippen LogP contribution in [0.15, 0.2) is 61.2 Å². The summed E-state index contributed by atoms with van der Waals surface area (Å²) >= 11 is 0. The Morgan fingerprint density at radius 1 is 1.10 bits per heavy atom. The van der Waals surface area contributed by atoms with E-state index in [0.29, 0.717) is 55.1 Å². The normalized spacial score (nSPS) is 14.1. The molecule has 0 spiro atoms. The molecule has 0 aromatic heterocycles. The lowest BCUT2D eigenvalue weighted by Crippen LogP contribution is -2.42. The monoisotopic (exact) mass is 407 g/mol. The van der Waals surface area contributed by atoms with Gasteiger partial charge in [-0.2, -0.15) is 0 Å². The van der Waals surface area contributed by atoms with Gasteiger partial charge < -0.3 is 20.7 Å². The van der Waals surface area contributed by atoms with Crippen LogP contribution in [0.4, 0.5) is 5.69 Å². The van der Waals surface area contributed by atoms with E-state index in [4.69, 9.17) is 10.5 Å². The van der Waals surface area contributed by atoms with Crippen LogP contribution < -0.4 is 15.8 Å². The van der Waals surface area contributed by atoms with Crippen molar-refractivity contribution in [2.45, 2.75) is 12.8 Å². The fourth-order valence-electron chi connectivity index (χ4n) is 3.37. The van der Waals surface area contributed by atoms with Crippen LogP contribution in [-0.2, 0) is 4.79 Å². The number of carbonyl (C=O) groups is 3. The maximum atomic E-state index is 13.0. The number of nitrogens with zero attached hydrogens (tertiary/aromatic N) is 1. The zero-order valence-electron chi connectivity index (χ0n) is 16.7. The van der Waals surface area contributed by atoms with Crippen LogP contribution >= 0.6 is 0 Å². The van der Waals surface area contributed by atoms with E-state index < -0.39 is 0 Å². The zero-order chi connectivity index (χ0) is 21.5. The number of likely N-dealkylation sites (tertiary alicyclic amines) is 1. The predicted octanol–water partition coefficient (Wildman–Crippen LogP) is 2.84. The van der Waals surface area contributed by atoms with E-state index in [9.17, 15) is 14.4 Å². The number of para-hydroxylation sites is 1. The van der Waals surface area contributed by atoms with E-state index in [-0.39, 0.29) is 23.6 Å². The first-order valence-corrected chi connectivity index (χ1v) is 9.82. The van der Waals surface area contributed by atoms with Crippen LogP contribution in [0.25, 0.3) is 0 Å². The molecule has 3 N–H and O–H groups in total. The Kier molecular flexibility index (Phi) is 6.85. The molecule has 1 fully saturated rings. The first-order chi connectivity index (χ1) is 14.5. The Morgan fingerprint density at radius 3 is 2.40 bits per heavy atom. The summed E-state index contributed by atoms with van der Waals surface area (Å²) < 4.78 is 5.42. The molecule has 2 aromatic rings. The predicted molar refractivity (Wildman–Crippen MR) is 114 cm³/mol. The lowest BCUT2D eigenvalue weighted by Gasteiger charge is -2.31. The molecular formula is C23H25N3O4. The summed E-state index contributed by atoms with van der Waals surface area (Å²) in [4.78, 5) is 38.7. The first kappa shape index (κ1) is 21.1. The van der Waals surface area contributed by atoms with Gasteiger partial charge in [-0.25, -0.2) is 0 Å². The number of amides is 3. The number of hydrogen-bond acceptors (Lipinski definition) is 4. The third-order valence-electron chi connectivity index (χ3n) is 5.07. The second-order valence-electron chi connectivity index (χ2n) is 7.09. The second kappa shape index (κ2) is 9.73. The van der Waals surface area contributed by atoms with E-state index in [1.807, 2.05) is 0 Å². The Bertz CT molecular complexity index is 932. The van der Waals surface area contributed by atoms with Crippen molar-refractivity contribution in [3.8, 4) is 5.75 Å². The van der Waals surface area contributed by atoms with Crippen molar-refractivity contribution < 1.29 is 19.1 Å². The third-order valence-corrected chi connectivity index (χ3v) is 5.07. The molecule has 0 saturated carbocycles. The Morgan fingerprint density at radius 2 is 1.77 bits per heavy atom. The van der Waals surface area contributed by atoms with Crippen LogP contribution in [0.1, 0.15) is 33.6 Å². The number of anilines is 1. The fraction of sp³-hybridized carbons (Fsp3) is 0.261. The molecule has 1 aliphatic rings. The molecule has 156 valence electrons. The number of hydrogen-bond donors (Lipinski definition) is 2. The topological polar surface area (TPSA) is 102 Å². The molecular weight excluding hydrogens is 382 g/mol. The molecule has 1 saturated heterocycles. The number of ether oxygens (including phenoxy) is 1. The van der Waals surface area contributed by atoms with Crippen molar-refractivity contribution in [3.63, 3.8) is 0 Å². The quantitative estimate of drug-likeness (QED) is 0.689. The molecule has 0 radical (unpaired) electrons. The number of primary amides is 1. The smallest absolute Gasteiger partial charge is 0.255 e. The molecule has 7 nitrogen and oxygen atoms in total. The molecule has 0 aliphatic carbocycles. The van der Waals surface area contributed by atoms with E-state index >= 15 is 0 Å². The van der Waals surface area contributed by atoms with Gasteiger partial charge in [-0.15, -0.1) is 0 Å². The van der Waals surface area contributed by atoms with Gasteiger partial charge in [-0.1, -0.05) is 24.8 Å². The van der Waals surface area contributed by atoms with Gasteiger partial charge in [0.25, 0.3) is 11.8 Å². The number of piperidine rings is 1. The van der Waals surface area contributed by atoms with Gasteiger partial charge in [-0.05, 0) is 49.2 Å². The minimum Gasteiger partial charge on any atom is -0.490 e. The van der Waals surface area contributed by atoms with E-state index in [2.05, 4.69) is 11.9 Å². The summed E-state index contributed by atoms with van der Waals surface area (Å²) in [5.41, 5.74) is 6.67. The van der Waals surface area contributed by atoms with Crippen molar-refractivity contribution >= 4 is 23.4 Å². The minimum absolute atomic E-state index is 0.179. The standard InChI is InChI=1S/C23H25N3O4/c1-2-15-30-18-9-7-17(8-10-18)22(28)25-20-6-4-3-5-19(20)23(29)26-13-11-16(12-14-26)21(24)27/h2-10,16H,1,11-15H2,(H2,24,27)(H,25,28). The van der Waals surface area contributed by atoms with Crippen molar-refractivity contribution in [1.29, 1.82) is 0 Å². The molecule has 2 aromatic carbocycles. The van der Waals surface area contributed by atoms with Gasteiger partial charge in [0.05, 0.1) is 11.3 Å².